The number of methoxy groups -OCH3 is 1. The summed E-state index contributed by atoms with van der Waals surface area (Å²) in [6.45, 7) is 12.1. The van der Waals surface area contributed by atoms with Gasteiger partial charge in [-0.05, 0) is 27.7 Å². The molecular formula is C11H25NO3Si. The molecule has 0 radical (unpaired) electrons. The van der Waals surface area contributed by atoms with Crippen LogP contribution in [0.2, 0.25) is 13.1 Å². The Bertz CT molecular complexity index is 226. The topological polar surface area (TPSA) is 47.6 Å². The van der Waals surface area contributed by atoms with Gasteiger partial charge in [0, 0.05) is 0 Å². The van der Waals surface area contributed by atoms with Gasteiger partial charge < -0.3 is 14.5 Å². The van der Waals surface area contributed by atoms with Gasteiger partial charge in [0.15, 0.2) is 0 Å². The first kappa shape index (κ1) is 15.6. The third-order valence-corrected chi connectivity index (χ3v) is 3.00. The molecule has 0 aromatic heterocycles. The molecule has 0 fully saturated rings. The Morgan fingerprint density at radius 3 is 2.12 bits per heavy atom. The number of carbonyl (C=O) groups is 1. The fourth-order valence-electron chi connectivity index (χ4n) is 1.51. The second-order valence-electron chi connectivity index (χ2n) is 5.26. The third kappa shape index (κ3) is 6.25. The second-order valence-corrected chi connectivity index (χ2v) is 7.90. The quantitative estimate of drug-likeness (QED) is 0.588. The highest BCUT2D eigenvalue weighted by Crippen LogP contribution is 2.13. The molecule has 0 spiro atoms. The highest BCUT2D eigenvalue weighted by atomic mass is 28.3. The fourth-order valence-corrected chi connectivity index (χ4v) is 2.63. The number of esters is 1. The van der Waals surface area contributed by atoms with Crippen LogP contribution >= 0.6 is 0 Å². The smallest absolute Gasteiger partial charge is 0.324 e. The van der Waals surface area contributed by atoms with E-state index in [0.717, 1.165) is 0 Å². The molecule has 0 aromatic carbocycles. The van der Waals surface area contributed by atoms with Gasteiger partial charge in [-0.2, -0.15) is 0 Å². The van der Waals surface area contributed by atoms with Gasteiger partial charge in [0.25, 0.3) is 0 Å². The number of rotatable bonds is 5. The molecule has 2 atom stereocenters. The zero-order chi connectivity index (χ0) is 12.9. The molecule has 0 saturated carbocycles. The molecule has 16 heavy (non-hydrogen) atoms. The predicted octanol–water partition coefficient (Wildman–Crippen LogP) is 1.30. The van der Waals surface area contributed by atoms with E-state index in [-0.39, 0.29) is 23.7 Å². The third-order valence-electron chi connectivity index (χ3n) is 1.98. The summed E-state index contributed by atoms with van der Waals surface area (Å²) in [6, 6.07) is -0.365. The Kier molecular flexibility index (Phi) is 6.21. The summed E-state index contributed by atoms with van der Waals surface area (Å²) in [7, 11) is 0.352. The molecule has 4 nitrogen and oxygen atoms in total. The predicted molar refractivity (Wildman–Crippen MR) is 68.1 cm³/mol. The van der Waals surface area contributed by atoms with Crippen molar-refractivity contribution < 1.29 is 14.3 Å². The van der Waals surface area contributed by atoms with E-state index >= 15 is 0 Å². The number of hydrogen-bond acceptors (Lipinski definition) is 4. The Hall–Kier alpha value is -0.393. The maximum atomic E-state index is 11.6. The van der Waals surface area contributed by atoms with Crippen molar-refractivity contribution in [3.63, 3.8) is 0 Å². The number of ether oxygens (including phenoxy) is 2. The van der Waals surface area contributed by atoms with Gasteiger partial charge >= 0.3 is 5.97 Å². The lowest BCUT2D eigenvalue weighted by Crippen LogP contribution is -2.52. The Labute approximate surface area is 100 Å². The van der Waals surface area contributed by atoms with Crippen molar-refractivity contribution in [1.82, 2.24) is 4.98 Å². The van der Waals surface area contributed by atoms with Gasteiger partial charge in [-0.3, -0.25) is 4.79 Å². The molecule has 1 N–H and O–H groups in total. The lowest BCUT2D eigenvalue weighted by atomic mass is 10.1. The zero-order valence-corrected chi connectivity index (χ0v) is 12.6. The number of carbonyl (C=O) groups excluding carboxylic acids is 1. The van der Waals surface area contributed by atoms with Crippen LogP contribution in [0.1, 0.15) is 27.7 Å². The largest absolute Gasteiger partial charge is 0.468 e. The molecule has 96 valence electrons. The van der Waals surface area contributed by atoms with Gasteiger partial charge in [0.1, 0.15) is 15.0 Å². The van der Waals surface area contributed by atoms with E-state index in [1.807, 2.05) is 27.7 Å². The van der Waals surface area contributed by atoms with Crippen molar-refractivity contribution in [1.29, 1.82) is 0 Å². The van der Waals surface area contributed by atoms with Crippen LogP contribution in [0.15, 0.2) is 0 Å². The summed E-state index contributed by atoms with van der Waals surface area (Å²) in [5, 5.41) is 0. The minimum Gasteiger partial charge on any atom is -0.468 e. The van der Waals surface area contributed by atoms with Crippen molar-refractivity contribution in [2.24, 2.45) is 0 Å². The first-order chi connectivity index (χ1) is 7.17. The van der Waals surface area contributed by atoms with E-state index in [1.165, 1.54) is 7.11 Å². The second kappa shape index (κ2) is 6.37. The van der Waals surface area contributed by atoms with Crippen molar-refractivity contribution >= 4 is 14.9 Å². The average molecular weight is 247 g/mol. The molecule has 0 aliphatic carbocycles. The molecule has 0 aliphatic rings. The fraction of sp³-hybridized carbons (Fsp3) is 0.909. The minimum absolute atomic E-state index is 0.192. The summed E-state index contributed by atoms with van der Waals surface area (Å²) in [4.78, 5) is 14.9. The number of hydrogen-bond donors (Lipinski definition) is 1. The average Bonchev–Trinajstić information content (AvgIpc) is 2.09. The van der Waals surface area contributed by atoms with Crippen molar-refractivity contribution in [2.75, 3.05) is 7.11 Å². The van der Waals surface area contributed by atoms with Crippen molar-refractivity contribution in [3.8, 4) is 0 Å². The molecule has 0 aliphatic heterocycles. The van der Waals surface area contributed by atoms with Gasteiger partial charge in [-0.25, -0.2) is 0 Å². The van der Waals surface area contributed by atoms with Crippen LogP contribution in [0.5, 0.6) is 0 Å². The molecule has 5 heteroatoms. The Morgan fingerprint density at radius 1 is 1.31 bits per heavy atom. The molecule has 0 rings (SSSR count). The van der Waals surface area contributed by atoms with Crippen molar-refractivity contribution in [2.45, 2.75) is 58.5 Å². The first-order valence-corrected chi connectivity index (χ1v) is 8.57. The summed E-state index contributed by atoms with van der Waals surface area (Å²) < 4.78 is 10.6. The Morgan fingerprint density at radius 2 is 1.81 bits per heavy atom. The highest BCUT2D eigenvalue weighted by molar-refractivity contribution is 6.53. The van der Waals surface area contributed by atoms with E-state index in [1.54, 1.807) is 0 Å². The summed E-state index contributed by atoms with van der Waals surface area (Å²) in [5.41, 5.74) is -0.258. The first-order valence-electron chi connectivity index (χ1n) is 5.69. The molecule has 0 amide bonds. The maximum absolute atomic E-state index is 11.6. The monoisotopic (exact) mass is 247 g/mol. The van der Waals surface area contributed by atoms with Crippen LogP contribution in [0.25, 0.3) is 0 Å². The minimum atomic E-state index is -1.05. The van der Waals surface area contributed by atoms with Crippen LogP contribution < -0.4 is 4.98 Å². The lowest BCUT2D eigenvalue weighted by molar-refractivity contribution is -0.150. The maximum Gasteiger partial charge on any atom is 0.324 e. The lowest BCUT2D eigenvalue weighted by Gasteiger charge is -2.30. The summed E-state index contributed by atoms with van der Waals surface area (Å²) >= 11 is 0. The molecule has 0 heterocycles. The molecule has 0 bridgehead atoms. The standard InChI is InChI=1S/C11H25NO3Si/c1-8(15-11(2,3)4)9(10(13)14-5)12-16(6)7/h8-9,12,16H,1-7H3/t8-,9+/m0/s1. The van der Waals surface area contributed by atoms with Crippen LogP contribution in [-0.4, -0.2) is 39.8 Å². The molecule has 0 aromatic rings. The zero-order valence-electron chi connectivity index (χ0n) is 11.5. The summed E-state index contributed by atoms with van der Waals surface area (Å²) in [5.74, 6) is -0.252. The molecule has 0 unspecified atom stereocenters. The van der Waals surface area contributed by atoms with Gasteiger partial charge in [-0.1, -0.05) is 13.1 Å². The van der Waals surface area contributed by atoms with E-state index in [2.05, 4.69) is 18.1 Å². The van der Waals surface area contributed by atoms with E-state index < -0.39 is 8.96 Å². The van der Waals surface area contributed by atoms with E-state index in [9.17, 15) is 4.79 Å². The SMILES string of the molecule is COC(=O)[C@H](N[SiH](C)C)[C@H](C)OC(C)(C)C. The van der Waals surface area contributed by atoms with Gasteiger partial charge in [0.05, 0.1) is 18.8 Å². The van der Waals surface area contributed by atoms with Crippen LogP contribution in [0.4, 0.5) is 0 Å². The van der Waals surface area contributed by atoms with E-state index in [4.69, 9.17) is 9.47 Å². The summed E-state index contributed by atoms with van der Waals surface area (Å²) in [6.07, 6.45) is -0.192. The Balaban J connectivity index is 4.56. The van der Waals surface area contributed by atoms with E-state index in [0.29, 0.717) is 0 Å². The normalized spacial score (nSPS) is 16.0. The van der Waals surface area contributed by atoms with Gasteiger partial charge in [-0.15, -0.1) is 0 Å². The highest BCUT2D eigenvalue weighted by Gasteiger charge is 2.30. The van der Waals surface area contributed by atoms with Gasteiger partial charge in [0.2, 0.25) is 0 Å². The van der Waals surface area contributed by atoms with Crippen LogP contribution in [0.3, 0.4) is 0 Å². The van der Waals surface area contributed by atoms with Crippen LogP contribution in [0, 0.1) is 0 Å². The number of nitrogens with one attached hydrogen (secondary N) is 1. The molecule has 0 saturated heterocycles. The van der Waals surface area contributed by atoms with Crippen LogP contribution in [-0.2, 0) is 14.3 Å². The molecular weight excluding hydrogens is 222 g/mol. The van der Waals surface area contributed by atoms with Crippen molar-refractivity contribution in [3.05, 3.63) is 0 Å².